The number of hydrogen-bond donors (Lipinski definition) is 0. The van der Waals surface area contributed by atoms with Crippen LogP contribution in [0.1, 0.15) is 38.8 Å². The molecule has 0 heteroatoms. The van der Waals surface area contributed by atoms with Crippen molar-refractivity contribution in [2.24, 2.45) is 5.92 Å². The molecule has 0 saturated carbocycles. The topological polar surface area (TPSA) is 0 Å². The number of allylic oxidation sites excluding steroid dienone is 4. The van der Waals surface area contributed by atoms with Gasteiger partial charge in [-0.25, -0.2) is 0 Å². The lowest BCUT2D eigenvalue weighted by molar-refractivity contribution is 0.676. The molecule has 17 heavy (non-hydrogen) atoms. The summed E-state index contributed by atoms with van der Waals surface area (Å²) in [6, 6.07) is 8.86. The third-order valence-electron chi connectivity index (χ3n) is 3.35. The van der Waals surface area contributed by atoms with E-state index in [1.54, 1.807) is 0 Å². The monoisotopic (exact) mass is 228 g/mol. The molecule has 0 N–H and O–H groups in total. The second-order valence-electron chi connectivity index (χ2n) is 5.01. The van der Waals surface area contributed by atoms with E-state index in [0.29, 0.717) is 5.92 Å². The van der Waals surface area contributed by atoms with Crippen molar-refractivity contribution < 1.29 is 0 Å². The highest BCUT2D eigenvalue weighted by molar-refractivity contribution is 5.25. The molecule has 0 saturated heterocycles. The van der Waals surface area contributed by atoms with E-state index in [0.717, 1.165) is 6.42 Å². The maximum absolute atomic E-state index is 2.30. The zero-order chi connectivity index (χ0) is 12.8. The Morgan fingerprint density at radius 3 is 2.29 bits per heavy atom. The SMILES string of the molecule is C/C=C(C)\C=C(\C)C(C)Cc1ccc(C)cc1. The second-order valence-corrected chi connectivity index (χ2v) is 5.01. The molecule has 1 unspecified atom stereocenters. The van der Waals surface area contributed by atoms with Crippen LogP contribution in [0.3, 0.4) is 0 Å². The lowest BCUT2D eigenvalue weighted by Crippen LogP contribution is -2.01. The summed E-state index contributed by atoms with van der Waals surface area (Å²) in [4.78, 5) is 0. The number of benzene rings is 1. The van der Waals surface area contributed by atoms with Crippen LogP contribution >= 0.6 is 0 Å². The second kappa shape index (κ2) is 6.44. The lowest BCUT2D eigenvalue weighted by atomic mass is 9.93. The van der Waals surface area contributed by atoms with Gasteiger partial charge in [0.2, 0.25) is 0 Å². The molecule has 0 aliphatic rings. The molecule has 1 aromatic carbocycles. The molecule has 0 aliphatic heterocycles. The third-order valence-corrected chi connectivity index (χ3v) is 3.35. The smallest absolute Gasteiger partial charge is 0.0191 e. The fraction of sp³-hybridized carbons (Fsp3) is 0.412. The van der Waals surface area contributed by atoms with Crippen LogP contribution < -0.4 is 0 Å². The Hall–Kier alpha value is -1.30. The van der Waals surface area contributed by atoms with Gasteiger partial charge in [-0.15, -0.1) is 0 Å². The van der Waals surface area contributed by atoms with E-state index >= 15 is 0 Å². The molecule has 92 valence electrons. The summed E-state index contributed by atoms with van der Waals surface area (Å²) < 4.78 is 0. The van der Waals surface area contributed by atoms with Crippen molar-refractivity contribution in [3.8, 4) is 0 Å². The summed E-state index contributed by atoms with van der Waals surface area (Å²) in [7, 11) is 0. The van der Waals surface area contributed by atoms with Crippen LogP contribution in [0.15, 0.2) is 47.6 Å². The van der Waals surface area contributed by atoms with Gasteiger partial charge in [-0.1, -0.05) is 60.1 Å². The van der Waals surface area contributed by atoms with Gasteiger partial charge >= 0.3 is 0 Å². The summed E-state index contributed by atoms with van der Waals surface area (Å²) in [5.41, 5.74) is 5.56. The van der Waals surface area contributed by atoms with Gasteiger partial charge in [0.15, 0.2) is 0 Å². The van der Waals surface area contributed by atoms with E-state index in [-0.39, 0.29) is 0 Å². The Kier molecular flexibility index (Phi) is 5.21. The van der Waals surface area contributed by atoms with Crippen molar-refractivity contribution >= 4 is 0 Å². The van der Waals surface area contributed by atoms with Crippen LogP contribution in [0.5, 0.6) is 0 Å². The Morgan fingerprint density at radius 1 is 1.18 bits per heavy atom. The van der Waals surface area contributed by atoms with Crippen LogP contribution in [-0.4, -0.2) is 0 Å². The fourth-order valence-electron chi connectivity index (χ4n) is 1.82. The number of rotatable bonds is 4. The van der Waals surface area contributed by atoms with E-state index < -0.39 is 0 Å². The van der Waals surface area contributed by atoms with Crippen molar-refractivity contribution in [2.75, 3.05) is 0 Å². The molecular formula is C17H24. The van der Waals surface area contributed by atoms with Crippen LogP contribution in [-0.2, 0) is 6.42 Å². The Morgan fingerprint density at radius 2 is 1.76 bits per heavy atom. The van der Waals surface area contributed by atoms with E-state index in [1.807, 2.05) is 0 Å². The number of hydrogen-bond acceptors (Lipinski definition) is 0. The fourth-order valence-corrected chi connectivity index (χ4v) is 1.82. The van der Waals surface area contributed by atoms with Crippen LogP contribution in [0.4, 0.5) is 0 Å². The molecule has 0 aliphatic carbocycles. The zero-order valence-corrected chi connectivity index (χ0v) is 11.7. The minimum Gasteiger partial charge on any atom is -0.0847 e. The quantitative estimate of drug-likeness (QED) is 0.630. The molecule has 0 bridgehead atoms. The maximum atomic E-state index is 2.30. The largest absolute Gasteiger partial charge is 0.0847 e. The third kappa shape index (κ3) is 4.60. The highest BCUT2D eigenvalue weighted by Gasteiger charge is 2.05. The molecule has 0 radical (unpaired) electrons. The molecule has 1 aromatic rings. The molecule has 0 aromatic heterocycles. The van der Waals surface area contributed by atoms with Gasteiger partial charge in [0.05, 0.1) is 0 Å². The van der Waals surface area contributed by atoms with Gasteiger partial charge in [0.1, 0.15) is 0 Å². The molecule has 0 nitrogen and oxygen atoms in total. The number of aryl methyl sites for hydroxylation is 1. The zero-order valence-electron chi connectivity index (χ0n) is 11.7. The molecule has 1 atom stereocenters. The van der Waals surface area contributed by atoms with Crippen molar-refractivity contribution in [3.05, 3.63) is 58.7 Å². The molecule has 0 fully saturated rings. The minimum absolute atomic E-state index is 0.604. The summed E-state index contributed by atoms with van der Waals surface area (Å²) in [5.74, 6) is 0.604. The summed E-state index contributed by atoms with van der Waals surface area (Å²) in [6.07, 6.45) is 5.57. The van der Waals surface area contributed by atoms with Crippen LogP contribution in [0.2, 0.25) is 0 Å². The predicted octanol–water partition coefficient (Wildman–Crippen LogP) is 5.09. The summed E-state index contributed by atoms with van der Waals surface area (Å²) >= 11 is 0. The normalized spacial score (nSPS) is 14.9. The summed E-state index contributed by atoms with van der Waals surface area (Å²) in [6.45, 7) is 10.9. The van der Waals surface area contributed by atoms with Crippen molar-refractivity contribution in [2.45, 2.75) is 41.0 Å². The molecule has 1 rings (SSSR count). The first-order chi connectivity index (χ1) is 8.02. The van der Waals surface area contributed by atoms with Crippen LogP contribution in [0.25, 0.3) is 0 Å². The first-order valence-corrected chi connectivity index (χ1v) is 6.39. The standard InChI is InChI=1S/C17H24/c1-6-13(2)11-15(4)16(5)12-17-9-7-14(3)8-10-17/h6-11,16H,12H2,1-5H3/b13-6-,15-11-. The van der Waals surface area contributed by atoms with Gasteiger partial charge in [0.25, 0.3) is 0 Å². The van der Waals surface area contributed by atoms with Crippen LogP contribution in [0, 0.1) is 12.8 Å². The lowest BCUT2D eigenvalue weighted by Gasteiger charge is -2.13. The Labute approximate surface area is 106 Å². The summed E-state index contributed by atoms with van der Waals surface area (Å²) in [5, 5.41) is 0. The van der Waals surface area contributed by atoms with Gasteiger partial charge in [-0.3, -0.25) is 0 Å². The van der Waals surface area contributed by atoms with E-state index in [1.165, 1.54) is 22.3 Å². The molecule has 0 amide bonds. The van der Waals surface area contributed by atoms with Gasteiger partial charge < -0.3 is 0 Å². The average Bonchev–Trinajstić information content (AvgIpc) is 2.31. The first kappa shape index (κ1) is 13.8. The molecule has 0 heterocycles. The van der Waals surface area contributed by atoms with Crippen molar-refractivity contribution in [1.29, 1.82) is 0 Å². The predicted molar refractivity (Wildman–Crippen MR) is 77.2 cm³/mol. The van der Waals surface area contributed by atoms with Gasteiger partial charge in [-0.2, -0.15) is 0 Å². The van der Waals surface area contributed by atoms with Gasteiger partial charge in [0, 0.05) is 0 Å². The molecule has 0 spiro atoms. The van der Waals surface area contributed by atoms with E-state index in [2.05, 4.69) is 71.0 Å². The van der Waals surface area contributed by atoms with E-state index in [4.69, 9.17) is 0 Å². The average molecular weight is 228 g/mol. The highest BCUT2D eigenvalue weighted by atomic mass is 14.1. The first-order valence-electron chi connectivity index (χ1n) is 6.39. The van der Waals surface area contributed by atoms with E-state index in [9.17, 15) is 0 Å². The van der Waals surface area contributed by atoms with Crippen molar-refractivity contribution in [3.63, 3.8) is 0 Å². The van der Waals surface area contributed by atoms with Gasteiger partial charge in [-0.05, 0) is 45.6 Å². The minimum atomic E-state index is 0.604. The Balaban J connectivity index is 2.69. The maximum Gasteiger partial charge on any atom is -0.0191 e. The highest BCUT2D eigenvalue weighted by Crippen LogP contribution is 2.18. The molecular weight excluding hydrogens is 204 g/mol. The Bertz CT molecular complexity index is 404. The van der Waals surface area contributed by atoms with Crippen molar-refractivity contribution in [1.82, 2.24) is 0 Å².